The summed E-state index contributed by atoms with van der Waals surface area (Å²) in [5.74, 6) is -0.678. The molecule has 0 aliphatic carbocycles. The van der Waals surface area contributed by atoms with Gasteiger partial charge in [-0.25, -0.2) is 17.9 Å². The van der Waals surface area contributed by atoms with Crippen molar-refractivity contribution >= 4 is 33.3 Å². The lowest BCUT2D eigenvalue weighted by molar-refractivity contribution is -0.124. The van der Waals surface area contributed by atoms with Crippen LogP contribution in [0.5, 0.6) is 0 Å². The second kappa shape index (κ2) is 4.22. The zero-order valence-electron chi connectivity index (χ0n) is 8.23. The van der Waals surface area contributed by atoms with Crippen molar-refractivity contribution in [3.63, 3.8) is 0 Å². The highest BCUT2D eigenvalue weighted by molar-refractivity contribution is 7.90. The van der Waals surface area contributed by atoms with Gasteiger partial charge in [-0.1, -0.05) is 5.22 Å². The molecule has 0 spiro atoms. The maximum Gasteiger partial charge on any atom is 0.360 e. The van der Waals surface area contributed by atoms with Gasteiger partial charge < -0.3 is 0 Å². The molecule has 0 radical (unpaired) electrons. The molecule has 17 heavy (non-hydrogen) atoms. The molecule has 2 rings (SSSR count). The first kappa shape index (κ1) is 11.7. The van der Waals surface area contributed by atoms with Crippen LogP contribution in [0, 0.1) is 0 Å². The van der Waals surface area contributed by atoms with Crippen LogP contribution in [-0.4, -0.2) is 31.9 Å². The molecule has 0 saturated heterocycles. The Hall–Kier alpha value is -1.81. The number of imide groups is 1. The summed E-state index contributed by atoms with van der Waals surface area (Å²) in [6, 6.07) is 0.204. The van der Waals surface area contributed by atoms with E-state index in [4.69, 9.17) is 0 Å². The molecular weight excluding hydrogens is 268 g/mol. The van der Waals surface area contributed by atoms with E-state index in [1.165, 1.54) is 22.8 Å². The van der Waals surface area contributed by atoms with Crippen LogP contribution < -0.4 is 4.72 Å². The first-order valence-electron chi connectivity index (χ1n) is 4.30. The summed E-state index contributed by atoms with van der Waals surface area (Å²) in [4.78, 5) is 22.5. The molecule has 0 fully saturated rings. The van der Waals surface area contributed by atoms with E-state index in [9.17, 15) is 18.0 Å². The van der Waals surface area contributed by atoms with E-state index in [1.807, 2.05) is 0 Å². The molecule has 1 N–H and O–H groups in total. The fourth-order valence-corrected chi connectivity index (χ4v) is 3.01. The smallest absolute Gasteiger partial charge is 0.270 e. The van der Waals surface area contributed by atoms with Gasteiger partial charge in [-0.15, -0.1) is 5.01 Å². The van der Waals surface area contributed by atoms with Crippen LogP contribution in [0.15, 0.2) is 32.1 Å². The average Bonchev–Trinajstić information content (AvgIpc) is 2.85. The number of carbonyl (C=O) groups is 2. The Morgan fingerprint density at radius 1 is 1.53 bits per heavy atom. The van der Waals surface area contributed by atoms with Crippen molar-refractivity contribution in [1.29, 1.82) is 0 Å². The molecule has 0 bridgehead atoms. The molecule has 10 heteroatoms. The molecule has 2 heterocycles. The van der Waals surface area contributed by atoms with Gasteiger partial charge in [-0.2, -0.15) is 16.5 Å². The quantitative estimate of drug-likeness (QED) is 0.839. The van der Waals surface area contributed by atoms with E-state index >= 15 is 0 Å². The Labute approximate surface area is 100.0 Å². The molecule has 0 unspecified atom stereocenters. The highest BCUT2D eigenvalue weighted by Crippen LogP contribution is 2.13. The predicted octanol–water partition coefficient (Wildman–Crippen LogP) is 0.356. The number of hydrogen-bond acceptors (Lipinski definition) is 7. The molecule has 90 valence electrons. The van der Waals surface area contributed by atoms with Gasteiger partial charge in [0.15, 0.2) is 0 Å². The largest absolute Gasteiger partial charge is 0.360 e. The molecule has 0 saturated carbocycles. The number of urea groups is 1. The third kappa shape index (κ3) is 2.31. The molecule has 1 aromatic heterocycles. The van der Waals surface area contributed by atoms with Gasteiger partial charge in [0.1, 0.15) is 6.54 Å². The van der Waals surface area contributed by atoms with Gasteiger partial charge in [0, 0.05) is 5.38 Å². The van der Waals surface area contributed by atoms with E-state index < -0.39 is 22.0 Å². The highest BCUT2D eigenvalue weighted by Gasteiger charge is 2.29. The summed E-state index contributed by atoms with van der Waals surface area (Å²) in [5.41, 5.74) is 0. The van der Waals surface area contributed by atoms with E-state index in [1.54, 1.807) is 10.1 Å². The lowest BCUT2D eigenvalue weighted by atomic mass is 10.6. The Kier molecular flexibility index (Phi) is 2.90. The summed E-state index contributed by atoms with van der Waals surface area (Å²) in [7, 11) is -3.96. The molecular formula is C7H6N4O4S2. The summed E-state index contributed by atoms with van der Waals surface area (Å²) >= 11 is 1.17. The van der Waals surface area contributed by atoms with Crippen LogP contribution in [0.1, 0.15) is 0 Å². The van der Waals surface area contributed by atoms with E-state index in [-0.39, 0.29) is 11.4 Å². The number of carbonyl (C=O) groups excluding carboxylic acids is 2. The third-order valence-electron chi connectivity index (χ3n) is 1.81. The first-order valence-corrected chi connectivity index (χ1v) is 6.72. The van der Waals surface area contributed by atoms with Crippen molar-refractivity contribution in [2.45, 2.75) is 4.90 Å². The second-order valence-electron chi connectivity index (χ2n) is 2.96. The second-order valence-corrected chi connectivity index (χ2v) is 5.43. The van der Waals surface area contributed by atoms with Crippen LogP contribution >= 0.6 is 11.3 Å². The predicted molar refractivity (Wildman–Crippen MR) is 56.6 cm³/mol. The minimum atomic E-state index is -3.96. The van der Waals surface area contributed by atoms with Crippen LogP contribution in [0.2, 0.25) is 0 Å². The fraction of sp³-hybridized carbons (Fsp3) is 0.143. The number of sulfonamides is 1. The van der Waals surface area contributed by atoms with Gasteiger partial charge >= 0.3 is 6.03 Å². The highest BCUT2D eigenvalue weighted by atomic mass is 32.2. The van der Waals surface area contributed by atoms with Crippen molar-refractivity contribution < 1.29 is 18.0 Å². The molecule has 1 aromatic rings. The Balaban J connectivity index is 2.14. The number of hydrogen-bond donors (Lipinski definition) is 1. The molecule has 0 atom stereocenters. The van der Waals surface area contributed by atoms with Crippen molar-refractivity contribution in [3.05, 3.63) is 16.8 Å². The summed E-state index contributed by atoms with van der Waals surface area (Å²) < 4.78 is 25.0. The fourth-order valence-electron chi connectivity index (χ4n) is 1.05. The lowest BCUT2D eigenvalue weighted by Crippen LogP contribution is -2.41. The Morgan fingerprint density at radius 2 is 2.29 bits per heavy atom. The molecule has 8 nitrogen and oxygen atoms in total. The lowest BCUT2D eigenvalue weighted by Gasteiger charge is -2.09. The Bertz CT molecular complexity index is 577. The van der Waals surface area contributed by atoms with E-state index in [0.717, 1.165) is 0 Å². The maximum absolute atomic E-state index is 11.6. The van der Waals surface area contributed by atoms with Gasteiger partial charge in [0.25, 0.3) is 15.9 Å². The average molecular weight is 274 g/mol. The zero-order valence-corrected chi connectivity index (χ0v) is 9.86. The van der Waals surface area contributed by atoms with E-state index in [2.05, 4.69) is 10.3 Å². The van der Waals surface area contributed by atoms with Crippen molar-refractivity contribution in [3.8, 4) is 0 Å². The molecule has 1 aliphatic heterocycles. The number of nitrogens with one attached hydrogen (secondary N) is 1. The standard InChI is InChI=1S/C7H6N4O4S2/c12-6-3-8-10-11(6)7(13)9-17(14,15)5-1-2-16-4-5/h1-2,4H,3H2,(H,9,13). The topological polar surface area (TPSA) is 108 Å². The first-order chi connectivity index (χ1) is 8.00. The normalized spacial score (nSPS) is 15.3. The van der Waals surface area contributed by atoms with Gasteiger partial charge in [0.2, 0.25) is 0 Å². The monoisotopic (exact) mass is 274 g/mol. The Morgan fingerprint density at radius 3 is 2.82 bits per heavy atom. The third-order valence-corrected chi connectivity index (χ3v) is 3.96. The van der Waals surface area contributed by atoms with Crippen molar-refractivity contribution in [1.82, 2.24) is 9.73 Å². The van der Waals surface area contributed by atoms with Crippen molar-refractivity contribution in [2.75, 3.05) is 6.54 Å². The molecule has 0 aromatic carbocycles. The summed E-state index contributed by atoms with van der Waals surface area (Å²) in [5, 5.41) is 9.82. The van der Waals surface area contributed by atoms with Crippen molar-refractivity contribution in [2.24, 2.45) is 10.3 Å². The van der Waals surface area contributed by atoms with E-state index in [0.29, 0.717) is 5.01 Å². The van der Waals surface area contributed by atoms with Gasteiger partial charge in [-0.3, -0.25) is 4.79 Å². The number of nitrogens with zero attached hydrogens (tertiary/aromatic N) is 3. The van der Waals surface area contributed by atoms with Crippen LogP contribution in [0.3, 0.4) is 0 Å². The number of thiophene rings is 1. The zero-order chi connectivity index (χ0) is 12.5. The molecule has 1 aliphatic rings. The van der Waals surface area contributed by atoms with Gasteiger partial charge in [-0.05, 0) is 11.4 Å². The van der Waals surface area contributed by atoms with Crippen LogP contribution in [-0.2, 0) is 14.8 Å². The minimum Gasteiger partial charge on any atom is -0.270 e. The molecule has 3 amide bonds. The minimum absolute atomic E-state index is 0.0422. The number of amides is 3. The van der Waals surface area contributed by atoms with Crippen LogP contribution in [0.25, 0.3) is 0 Å². The van der Waals surface area contributed by atoms with Crippen LogP contribution in [0.4, 0.5) is 4.79 Å². The summed E-state index contributed by atoms with van der Waals surface area (Å²) in [6.07, 6.45) is 0. The summed E-state index contributed by atoms with van der Waals surface area (Å²) in [6.45, 7) is -0.258. The van der Waals surface area contributed by atoms with Gasteiger partial charge in [0.05, 0.1) is 4.90 Å². The number of rotatable bonds is 2. The SMILES string of the molecule is O=C1CN=NN1C(=O)NS(=O)(=O)c1ccsc1. The maximum atomic E-state index is 11.6.